The summed E-state index contributed by atoms with van der Waals surface area (Å²) >= 11 is 0.395. The zero-order valence-electron chi connectivity index (χ0n) is 21.2. The van der Waals surface area contributed by atoms with Gasteiger partial charge >= 0.3 is 12.1 Å². The van der Waals surface area contributed by atoms with E-state index in [2.05, 4.69) is 5.32 Å². The van der Waals surface area contributed by atoms with Crippen molar-refractivity contribution in [2.24, 2.45) is 0 Å². The van der Waals surface area contributed by atoms with Crippen LogP contribution in [0, 0.1) is 0 Å². The van der Waals surface area contributed by atoms with Gasteiger partial charge in [-0.15, -0.1) is 0 Å². The minimum Gasteiger partial charge on any atom is -0.449 e. The van der Waals surface area contributed by atoms with Gasteiger partial charge in [-0.25, -0.2) is 4.79 Å². The van der Waals surface area contributed by atoms with Crippen LogP contribution in [0.25, 0.3) is 11.0 Å². The largest absolute Gasteiger partial charge is 0.453 e. The van der Waals surface area contributed by atoms with E-state index in [9.17, 15) is 31.5 Å². The molecule has 0 aliphatic carbocycles. The average molecular weight is 600 g/mol. The van der Waals surface area contributed by atoms with Crippen LogP contribution < -0.4 is 20.2 Å². The van der Waals surface area contributed by atoms with Gasteiger partial charge in [0, 0.05) is 16.6 Å². The molecule has 1 aromatic heterocycles. The minimum atomic E-state index is -5.06. The normalized spacial score (nSPS) is 11.5. The van der Waals surface area contributed by atoms with Crippen LogP contribution in [0.5, 0.6) is 17.2 Å². The highest BCUT2D eigenvalue weighted by molar-refractivity contribution is 7.99. The van der Waals surface area contributed by atoms with Crippen LogP contribution in [0.3, 0.4) is 0 Å². The highest BCUT2D eigenvalue weighted by atomic mass is 32.2. The van der Waals surface area contributed by atoms with Crippen molar-refractivity contribution in [2.75, 3.05) is 5.32 Å². The monoisotopic (exact) mass is 599 g/mol. The molecule has 12 heteroatoms. The Morgan fingerprint density at radius 1 is 0.857 bits per heavy atom. The van der Waals surface area contributed by atoms with Gasteiger partial charge in [0.05, 0.1) is 16.6 Å². The molecule has 0 saturated heterocycles. The van der Waals surface area contributed by atoms with Gasteiger partial charge in [-0.3, -0.25) is 4.79 Å². The number of esters is 1. The number of nitrogens with one attached hydrogen (secondary N) is 1. The average Bonchev–Trinajstić information content (AvgIpc) is 2.95. The molecular formula is C30H18F5NO5S. The van der Waals surface area contributed by atoms with Crippen LogP contribution in [0.4, 0.5) is 33.3 Å². The molecule has 0 bridgehead atoms. The molecule has 0 saturated carbocycles. The SMILES string of the molecule is O=C(Oc1ccc2c(=O)c(Oc3ccccc3)c(C(F)(F)F)oc2c1)c1ccccc1Nc1ccc(SC(F)F)cc1. The van der Waals surface area contributed by atoms with Gasteiger partial charge in [0.1, 0.15) is 17.1 Å². The first-order chi connectivity index (χ1) is 20.1. The number of thioether (sulfide) groups is 1. The molecular weight excluding hydrogens is 581 g/mol. The van der Waals surface area contributed by atoms with E-state index >= 15 is 0 Å². The number of hydrogen-bond donors (Lipinski definition) is 1. The molecule has 1 heterocycles. The molecule has 214 valence electrons. The maximum Gasteiger partial charge on any atom is 0.453 e. The van der Waals surface area contributed by atoms with E-state index in [1.54, 1.807) is 36.4 Å². The molecule has 6 nitrogen and oxygen atoms in total. The van der Waals surface area contributed by atoms with Crippen LogP contribution in [0.15, 0.2) is 111 Å². The van der Waals surface area contributed by atoms with E-state index < -0.39 is 40.4 Å². The number of para-hydroxylation sites is 2. The molecule has 1 N–H and O–H groups in total. The topological polar surface area (TPSA) is 77.8 Å². The summed E-state index contributed by atoms with van der Waals surface area (Å²) in [7, 11) is 0. The summed E-state index contributed by atoms with van der Waals surface area (Å²) in [6, 6.07) is 23.3. The molecule has 5 aromatic rings. The third-order valence-electron chi connectivity index (χ3n) is 5.76. The van der Waals surface area contributed by atoms with Crippen LogP contribution in [-0.2, 0) is 6.18 Å². The molecule has 0 amide bonds. The summed E-state index contributed by atoms with van der Waals surface area (Å²) in [5, 5.41) is 2.79. The van der Waals surface area contributed by atoms with Crippen molar-refractivity contribution in [1.29, 1.82) is 0 Å². The molecule has 0 atom stereocenters. The Morgan fingerprint density at radius 2 is 1.55 bits per heavy atom. The number of halogens is 5. The Kier molecular flexibility index (Phi) is 8.16. The molecule has 0 aliphatic heterocycles. The van der Waals surface area contributed by atoms with Crippen molar-refractivity contribution >= 4 is 40.1 Å². The lowest BCUT2D eigenvalue weighted by atomic mass is 10.1. The van der Waals surface area contributed by atoms with E-state index in [0.29, 0.717) is 28.0 Å². The second-order valence-electron chi connectivity index (χ2n) is 8.62. The molecule has 42 heavy (non-hydrogen) atoms. The fourth-order valence-corrected chi connectivity index (χ4v) is 4.41. The number of carbonyl (C=O) groups is 1. The molecule has 0 spiro atoms. The first-order valence-electron chi connectivity index (χ1n) is 12.1. The predicted octanol–water partition coefficient (Wildman–Crippen LogP) is 8.88. The van der Waals surface area contributed by atoms with Gasteiger partial charge in [-0.1, -0.05) is 42.1 Å². The summed E-state index contributed by atoms with van der Waals surface area (Å²) < 4.78 is 82.5. The molecule has 0 radical (unpaired) electrons. The van der Waals surface area contributed by atoms with Gasteiger partial charge < -0.3 is 19.2 Å². The smallest absolute Gasteiger partial charge is 0.449 e. The van der Waals surface area contributed by atoms with Crippen molar-refractivity contribution in [3.05, 3.63) is 119 Å². The third kappa shape index (κ3) is 6.55. The van der Waals surface area contributed by atoms with Crippen LogP contribution in [0.2, 0.25) is 0 Å². The van der Waals surface area contributed by atoms with Gasteiger partial charge in [0.15, 0.2) is 0 Å². The Morgan fingerprint density at radius 3 is 2.24 bits per heavy atom. The highest BCUT2D eigenvalue weighted by Gasteiger charge is 2.40. The van der Waals surface area contributed by atoms with Gasteiger partial charge in [0.25, 0.3) is 11.5 Å². The Labute approximate surface area is 238 Å². The second kappa shape index (κ2) is 12.0. The molecule has 0 fully saturated rings. The number of alkyl halides is 5. The number of fused-ring (bicyclic) bond motifs is 1. The maximum absolute atomic E-state index is 13.9. The van der Waals surface area contributed by atoms with E-state index in [4.69, 9.17) is 13.9 Å². The number of carbonyl (C=O) groups excluding carboxylic acids is 1. The van der Waals surface area contributed by atoms with E-state index in [1.165, 1.54) is 54.6 Å². The Hall–Kier alpha value is -4.84. The number of hydrogen-bond acceptors (Lipinski definition) is 7. The number of benzene rings is 4. The molecule has 4 aromatic carbocycles. The zero-order valence-corrected chi connectivity index (χ0v) is 22.0. The zero-order chi connectivity index (χ0) is 29.9. The fourth-order valence-electron chi connectivity index (χ4n) is 3.91. The second-order valence-corrected chi connectivity index (χ2v) is 9.69. The number of anilines is 2. The van der Waals surface area contributed by atoms with E-state index in [1.807, 2.05) is 0 Å². The summed E-state index contributed by atoms with van der Waals surface area (Å²) in [6.45, 7) is 0. The Bertz CT molecular complexity index is 1790. The first-order valence-corrected chi connectivity index (χ1v) is 13.0. The van der Waals surface area contributed by atoms with Crippen molar-refractivity contribution in [3.63, 3.8) is 0 Å². The lowest BCUT2D eigenvalue weighted by Gasteiger charge is -2.14. The quantitative estimate of drug-likeness (QED) is 0.0826. The molecule has 0 unspecified atom stereocenters. The fraction of sp³-hybridized carbons (Fsp3) is 0.0667. The third-order valence-corrected chi connectivity index (χ3v) is 6.48. The summed E-state index contributed by atoms with van der Waals surface area (Å²) in [5.41, 5.74) is -0.614. The van der Waals surface area contributed by atoms with Gasteiger partial charge in [0.2, 0.25) is 11.2 Å². The van der Waals surface area contributed by atoms with Gasteiger partial charge in [-0.05, 0) is 60.7 Å². The van der Waals surface area contributed by atoms with Crippen molar-refractivity contribution in [1.82, 2.24) is 0 Å². The van der Waals surface area contributed by atoms with Crippen molar-refractivity contribution in [3.8, 4) is 17.2 Å². The maximum atomic E-state index is 13.9. The summed E-state index contributed by atoms with van der Waals surface area (Å²) in [5.74, 6) is -6.25. The molecule has 0 aliphatic rings. The van der Waals surface area contributed by atoms with E-state index in [0.717, 1.165) is 6.07 Å². The summed E-state index contributed by atoms with van der Waals surface area (Å²) in [6.07, 6.45) is -5.06. The predicted molar refractivity (Wildman–Crippen MR) is 147 cm³/mol. The van der Waals surface area contributed by atoms with Crippen LogP contribution >= 0.6 is 11.8 Å². The highest BCUT2D eigenvalue weighted by Crippen LogP contribution is 2.39. The van der Waals surface area contributed by atoms with E-state index in [-0.39, 0.29) is 22.4 Å². The number of ether oxygens (including phenoxy) is 2. The van der Waals surface area contributed by atoms with Crippen molar-refractivity contribution in [2.45, 2.75) is 16.8 Å². The lowest BCUT2D eigenvalue weighted by Crippen LogP contribution is -2.16. The summed E-state index contributed by atoms with van der Waals surface area (Å²) in [4.78, 5) is 26.4. The standard InChI is InChI=1S/C30H18F5NO5S/c31-29(32)42-20-13-10-17(11-14-20)36-23-9-5-4-8-21(23)28(38)40-19-12-15-22-24(16-19)41-27(30(33,34)35)26(25(22)37)39-18-6-2-1-3-7-18/h1-16,29,36H. The first kappa shape index (κ1) is 28.7. The minimum absolute atomic E-state index is 0.00969. The lowest BCUT2D eigenvalue weighted by molar-refractivity contribution is -0.154. The number of rotatable bonds is 8. The Balaban J connectivity index is 1.42. The van der Waals surface area contributed by atoms with Crippen molar-refractivity contribution < 1.29 is 40.6 Å². The van der Waals surface area contributed by atoms with Crippen LogP contribution in [0.1, 0.15) is 16.1 Å². The molecule has 5 rings (SSSR count). The van der Waals surface area contributed by atoms with Gasteiger partial charge in [-0.2, -0.15) is 22.0 Å². The van der Waals surface area contributed by atoms with Crippen LogP contribution in [-0.4, -0.2) is 11.7 Å².